The van der Waals surface area contributed by atoms with Crippen molar-refractivity contribution in [3.05, 3.63) is 10.1 Å². The van der Waals surface area contributed by atoms with E-state index in [4.69, 9.17) is 9.47 Å². The number of amides is 1. The Morgan fingerprint density at radius 1 is 1.04 bits per heavy atom. The zero-order valence-corrected chi connectivity index (χ0v) is 14.3. The van der Waals surface area contributed by atoms with Gasteiger partial charge in [-0.3, -0.25) is 14.9 Å². The number of Topliss-reactive ketones (excluding diaryl/α,β-unsaturated/α-hetero) is 1. The van der Waals surface area contributed by atoms with E-state index in [1.807, 2.05) is 0 Å². The molecule has 0 aliphatic rings. The summed E-state index contributed by atoms with van der Waals surface area (Å²) in [5, 5.41) is 12.6. The first-order valence-electron chi connectivity index (χ1n) is 7.05. The smallest absolute Gasteiger partial charge is 0.408 e. The molecule has 0 aliphatic heterocycles. The molecule has 0 aliphatic carbocycles. The zero-order valence-electron chi connectivity index (χ0n) is 14.3. The molecule has 0 radical (unpaired) electrons. The number of nitrogens with zero attached hydrogens (tertiary/aromatic N) is 1. The third kappa shape index (κ3) is 11.1. The molecule has 1 N–H and O–H groups in total. The van der Waals surface area contributed by atoms with Gasteiger partial charge in [0.1, 0.15) is 17.2 Å². The van der Waals surface area contributed by atoms with Crippen molar-refractivity contribution in [1.29, 1.82) is 0 Å². The minimum atomic E-state index is -1.35. The molecule has 0 spiro atoms. The Labute approximate surface area is 134 Å². The number of carbonyl (C=O) groups excluding carboxylic acids is 3. The lowest BCUT2D eigenvalue weighted by Gasteiger charge is -2.25. The fraction of sp³-hybridized carbons (Fsp3) is 0.786. The van der Waals surface area contributed by atoms with Gasteiger partial charge in [0, 0.05) is 11.3 Å². The van der Waals surface area contributed by atoms with E-state index in [1.165, 1.54) is 0 Å². The number of rotatable bonds is 6. The summed E-state index contributed by atoms with van der Waals surface area (Å²) in [5.74, 6) is -1.66. The number of nitro groups is 1. The van der Waals surface area contributed by atoms with E-state index in [1.54, 1.807) is 41.5 Å². The maximum Gasteiger partial charge on any atom is 0.408 e. The van der Waals surface area contributed by atoms with E-state index in [-0.39, 0.29) is 0 Å². The molecule has 23 heavy (non-hydrogen) atoms. The summed E-state index contributed by atoms with van der Waals surface area (Å²) in [7, 11) is 0. The second-order valence-corrected chi connectivity index (χ2v) is 6.97. The number of ketones is 1. The second kappa shape index (κ2) is 7.89. The highest BCUT2D eigenvalue weighted by atomic mass is 16.6. The molecule has 0 heterocycles. The van der Waals surface area contributed by atoms with Crippen LogP contribution in [0.3, 0.4) is 0 Å². The third-order valence-electron chi connectivity index (χ3n) is 2.12. The molecule has 0 fully saturated rings. The quantitative estimate of drug-likeness (QED) is 0.443. The fourth-order valence-electron chi connectivity index (χ4n) is 1.45. The van der Waals surface area contributed by atoms with Crippen LogP contribution in [0.2, 0.25) is 0 Å². The van der Waals surface area contributed by atoms with Crippen molar-refractivity contribution in [2.24, 2.45) is 0 Å². The van der Waals surface area contributed by atoms with Crippen LogP contribution in [-0.4, -0.2) is 46.6 Å². The number of hydrogen-bond acceptors (Lipinski definition) is 7. The second-order valence-electron chi connectivity index (χ2n) is 6.97. The molecule has 9 heteroatoms. The summed E-state index contributed by atoms with van der Waals surface area (Å²) >= 11 is 0. The van der Waals surface area contributed by atoms with Crippen LogP contribution in [0.4, 0.5) is 4.79 Å². The van der Waals surface area contributed by atoms with Crippen LogP contribution in [-0.2, 0) is 19.1 Å². The molecule has 0 aromatic carbocycles. The van der Waals surface area contributed by atoms with E-state index in [9.17, 15) is 24.5 Å². The highest BCUT2D eigenvalue weighted by Crippen LogP contribution is 2.12. The largest absolute Gasteiger partial charge is 0.458 e. The maximum atomic E-state index is 12.1. The van der Waals surface area contributed by atoms with Crippen molar-refractivity contribution >= 4 is 17.8 Å². The first-order chi connectivity index (χ1) is 10.2. The number of ether oxygens (including phenoxy) is 2. The first-order valence-corrected chi connectivity index (χ1v) is 7.05. The van der Waals surface area contributed by atoms with Gasteiger partial charge in [0.05, 0.1) is 0 Å². The van der Waals surface area contributed by atoms with Crippen molar-refractivity contribution in [2.45, 2.75) is 65.2 Å². The van der Waals surface area contributed by atoms with Crippen LogP contribution < -0.4 is 5.32 Å². The summed E-state index contributed by atoms with van der Waals surface area (Å²) in [6.07, 6.45) is -1.46. The van der Waals surface area contributed by atoms with Gasteiger partial charge >= 0.3 is 12.1 Å². The highest BCUT2D eigenvalue weighted by Gasteiger charge is 2.31. The molecule has 132 valence electrons. The molecule has 0 saturated carbocycles. The van der Waals surface area contributed by atoms with Crippen LogP contribution in [0, 0.1) is 10.1 Å². The Balaban J connectivity index is 4.99. The van der Waals surface area contributed by atoms with Crippen LogP contribution in [0.5, 0.6) is 0 Å². The Morgan fingerprint density at radius 2 is 1.52 bits per heavy atom. The van der Waals surface area contributed by atoms with Gasteiger partial charge in [0.25, 0.3) is 6.54 Å². The third-order valence-corrected chi connectivity index (χ3v) is 2.12. The predicted octanol–water partition coefficient (Wildman–Crippen LogP) is 1.46. The lowest BCUT2D eigenvalue weighted by Crippen LogP contribution is -2.47. The molecule has 0 unspecified atom stereocenters. The van der Waals surface area contributed by atoms with E-state index >= 15 is 0 Å². The monoisotopic (exact) mass is 332 g/mol. The Hall–Kier alpha value is -2.19. The summed E-state index contributed by atoms with van der Waals surface area (Å²) in [5.41, 5.74) is -1.63. The van der Waals surface area contributed by atoms with Crippen LogP contribution in [0.25, 0.3) is 0 Å². The Bertz CT molecular complexity index is 474. The lowest BCUT2D eigenvalue weighted by molar-refractivity contribution is -0.467. The molecular formula is C14H24N2O7. The number of esters is 1. The van der Waals surface area contributed by atoms with Gasteiger partial charge in [-0.1, -0.05) is 0 Å². The number of hydrogen-bond donors (Lipinski definition) is 1. The molecule has 1 atom stereocenters. The average Bonchev–Trinajstić information content (AvgIpc) is 2.21. The molecule has 0 aromatic rings. The molecule has 0 saturated heterocycles. The molecule has 0 aromatic heterocycles. The van der Waals surface area contributed by atoms with Gasteiger partial charge in [-0.25, -0.2) is 9.59 Å². The minimum Gasteiger partial charge on any atom is -0.458 e. The van der Waals surface area contributed by atoms with Crippen molar-refractivity contribution in [2.75, 3.05) is 6.54 Å². The predicted molar refractivity (Wildman–Crippen MR) is 80.5 cm³/mol. The van der Waals surface area contributed by atoms with Gasteiger partial charge in [-0.15, -0.1) is 0 Å². The first kappa shape index (κ1) is 20.8. The summed E-state index contributed by atoms with van der Waals surface area (Å²) in [6, 6.07) is -1.35. The molecular weight excluding hydrogens is 308 g/mol. The van der Waals surface area contributed by atoms with E-state index in [0.717, 1.165) is 0 Å². The normalized spacial score (nSPS) is 13.0. The van der Waals surface area contributed by atoms with Gasteiger partial charge in [-0.2, -0.15) is 0 Å². The van der Waals surface area contributed by atoms with Gasteiger partial charge < -0.3 is 14.8 Å². The van der Waals surface area contributed by atoms with E-state index in [2.05, 4.69) is 5.32 Å². The zero-order chi connectivity index (χ0) is 18.4. The fourth-order valence-corrected chi connectivity index (χ4v) is 1.45. The average molecular weight is 332 g/mol. The van der Waals surface area contributed by atoms with Gasteiger partial charge in [0.2, 0.25) is 5.78 Å². The lowest BCUT2D eigenvalue weighted by atomic mass is 10.1. The van der Waals surface area contributed by atoms with Crippen LogP contribution in [0.15, 0.2) is 0 Å². The SMILES string of the molecule is CC(C)(C)OC(=O)N[C@@H](CC(=O)C[N+](=O)[O-])C(=O)OC(C)(C)C. The Morgan fingerprint density at radius 3 is 1.91 bits per heavy atom. The number of carbonyl (C=O) groups is 3. The molecule has 9 nitrogen and oxygen atoms in total. The van der Waals surface area contributed by atoms with Crippen molar-refractivity contribution in [3.63, 3.8) is 0 Å². The highest BCUT2D eigenvalue weighted by molar-refractivity contribution is 5.89. The molecule has 0 rings (SSSR count). The van der Waals surface area contributed by atoms with Crippen LogP contribution >= 0.6 is 0 Å². The van der Waals surface area contributed by atoms with E-state index in [0.29, 0.717) is 0 Å². The summed E-state index contributed by atoms with van der Waals surface area (Å²) in [4.78, 5) is 44.9. The number of alkyl carbamates (subject to hydrolysis) is 1. The van der Waals surface area contributed by atoms with Crippen molar-refractivity contribution < 1.29 is 28.8 Å². The van der Waals surface area contributed by atoms with Gasteiger partial charge in [0.15, 0.2) is 0 Å². The van der Waals surface area contributed by atoms with Gasteiger partial charge in [-0.05, 0) is 41.5 Å². The van der Waals surface area contributed by atoms with Crippen molar-refractivity contribution in [3.8, 4) is 0 Å². The topological polar surface area (TPSA) is 125 Å². The minimum absolute atomic E-state index is 0.546. The Kier molecular flexibility index (Phi) is 7.14. The van der Waals surface area contributed by atoms with Crippen LogP contribution in [0.1, 0.15) is 48.0 Å². The maximum absolute atomic E-state index is 12.1. The van der Waals surface area contributed by atoms with Crippen molar-refractivity contribution in [1.82, 2.24) is 5.32 Å². The summed E-state index contributed by atoms with van der Waals surface area (Å²) < 4.78 is 10.1. The standard InChI is InChI=1S/C14H24N2O7/c1-13(2,3)22-11(18)10(7-9(17)8-16(20)21)15-12(19)23-14(4,5)6/h10H,7-8H2,1-6H3,(H,15,19)/t10-/m0/s1. The number of nitrogens with one attached hydrogen (secondary N) is 1. The van der Waals surface area contributed by atoms with E-state index < -0.39 is 53.0 Å². The summed E-state index contributed by atoms with van der Waals surface area (Å²) in [6.45, 7) is 8.82. The molecule has 0 bridgehead atoms. The molecule has 1 amide bonds.